The lowest BCUT2D eigenvalue weighted by Crippen LogP contribution is -1.97. The standard InChI is InChI=1S/C11H13NO2.C2H4O2/c1-3-14-8-11(9(2)13)10-4-6-12-7-5-10;1-2(3)4/h4-8H,3H2,1-2H3;1H3,(H,3,4)/b11-8-;. The van der Waals surface area contributed by atoms with Crippen molar-refractivity contribution in [1.29, 1.82) is 0 Å². The van der Waals surface area contributed by atoms with Gasteiger partial charge in [-0.2, -0.15) is 0 Å². The highest BCUT2D eigenvalue weighted by Crippen LogP contribution is 2.14. The van der Waals surface area contributed by atoms with E-state index in [1.165, 1.54) is 13.2 Å². The molecule has 0 spiro atoms. The van der Waals surface area contributed by atoms with Gasteiger partial charge in [0.05, 0.1) is 18.4 Å². The van der Waals surface area contributed by atoms with E-state index in [1.807, 2.05) is 6.92 Å². The number of ketones is 1. The van der Waals surface area contributed by atoms with Crippen LogP contribution in [-0.2, 0) is 14.3 Å². The number of hydrogen-bond acceptors (Lipinski definition) is 4. The Balaban J connectivity index is 0.000000631. The highest BCUT2D eigenvalue weighted by molar-refractivity contribution is 6.19. The van der Waals surface area contributed by atoms with Gasteiger partial charge in [0.1, 0.15) is 0 Å². The number of hydrogen-bond donors (Lipinski definition) is 1. The third-order valence-electron chi connectivity index (χ3n) is 1.74. The highest BCUT2D eigenvalue weighted by atomic mass is 16.5. The zero-order valence-electron chi connectivity index (χ0n) is 10.7. The van der Waals surface area contributed by atoms with Crippen LogP contribution in [0.5, 0.6) is 0 Å². The number of aromatic nitrogens is 1. The van der Waals surface area contributed by atoms with Gasteiger partial charge < -0.3 is 9.84 Å². The van der Waals surface area contributed by atoms with Crippen molar-refractivity contribution in [3.63, 3.8) is 0 Å². The van der Waals surface area contributed by atoms with Gasteiger partial charge in [-0.1, -0.05) is 0 Å². The predicted molar refractivity (Wildman–Crippen MR) is 67.8 cm³/mol. The molecule has 0 bridgehead atoms. The monoisotopic (exact) mass is 251 g/mol. The number of nitrogens with zero attached hydrogens (tertiary/aromatic N) is 1. The molecule has 0 aliphatic heterocycles. The summed E-state index contributed by atoms with van der Waals surface area (Å²) in [4.78, 5) is 24.2. The van der Waals surface area contributed by atoms with Crippen molar-refractivity contribution in [2.24, 2.45) is 0 Å². The summed E-state index contributed by atoms with van der Waals surface area (Å²) in [5.41, 5.74) is 1.41. The average Bonchev–Trinajstić information content (AvgIpc) is 2.30. The molecule has 0 saturated carbocycles. The van der Waals surface area contributed by atoms with Crippen LogP contribution >= 0.6 is 0 Å². The molecule has 0 aliphatic carbocycles. The van der Waals surface area contributed by atoms with Crippen LogP contribution in [0.2, 0.25) is 0 Å². The van der Waals surface area contributed by atoms with E-state index in [0.717, 1.165) is 12.5 Å². The van der Waals surface area contributed by atoms with Crippen LogP contribution in [0.4, 0.5) is 0 Å². The maximum Gasteiger partial charge on any atom is 0.300 e. The molecule has 1 rings (SSSR count). The molecule has 98 valence electrons. The number of allylic oxidation sites excluding steroid dienone is 1. The summed E-state index contributed by atoms with van der Waals surface area (Å²) in [6.45, 7) is 5.04. The highest BCUT2D eigenvalue weighted by Gasteiger charge is 2.06. The lowest BCUT2D eigenvalue weighted by atomic mass is 10.1. The Hall–Kier alpha value is -2.17. The smallest absolute Gasteiger partial charge is 0.300 e. The summed E-state index contributed by atoms with van der Waals surface area (Å²) >= 11 is 0. The molecule has 18 heavy (non-hydrogen) atoms. The summed E-state index contributed by atoms with van der Waals surface area (Å²) in [5.74, 6) is -0.843. The van der Waals surface area contributed by atoms with Gasteiger partial charge in [0.2, 0.25) is 0 Å². The zero-order chi connectivity index (χ0) is 14.0. The number of carbonyl (C=O) groups is 2. The second kappa shape index (κ2) is 8.92. The topological polar surface area (TPSA) is 76.5 Å². The lowest BCUT2D eigenvalue weighted by Gasteiger charge is -2.03. The molecule has 1 aromatic heterocycles. The van der Waals surface area contributed by atoms with Crippen LogP contribution in [0.3, 0.4) is 0 Å². The Morgan fingerprint density at radius 1 is 1.33 bits per heavy atom. The molecule has 0 aromatic carbocycles. The van der Waals surface area contributed by atoms with Crippen molar-refractivity contribution < 1.29 is 19.4 Å². The van der Waals surface area contributed by atoms with Gasteiger partial charge in [-0.15, -0.1) is 0 Å². The van der Waals surface area contributed by atoms with Crippen molar-refractivity contribution in [2.75, 3.05) is 6.61 Å². The van der Waals surface area contributed by atoms with Crippen LogP contribution in [0.15, 0.2) is 30.8 Å². The number of pyridine rings is 1. The van der Waals surface area contributed by atoms with Crippen molar-refractivity contribution in [1.82, 2.24) is 4.98 Å². The summed E-state index contributed by atoms with van der Waals surface area (Å²) in [6, 6.07) is 3.57. The van der Waals surface area contributed by atoms with E-state index in [-0.39, 0.29) is 5.78 Å². The van der Waals surface area contributed by atoms with E-state index in [4.69, 9.17) is 14.6 Å². The Kier molecular flexibility index (Phi) is 7.85. The van der Waals surface area contributed by atoms with Crippen LogP contribution in [0.1, 0.15) is 26.3 Å². The van der Waals surface area contributed by atoms with Crippen molar-refractivity contribution in [2.45, 2.75) is 20.8 Å². The molecule has 1 N–H and O–H groups in total. The molecule has 0 saturated heterocycles. The Bertz CT molecular complexity index is 408. The molecule has 0 unspecified atom stereocenters. The third kappa shape index (κ3) is 7.16. The quantitative estimate of drug-likeness (QED) is 0.655. The summed E-state index contributed by atoms with van der Waals surface area (Å²) < 4.78 is 5.11. The molecule has 0 atom stereocenters. The Morgan fingerprint density at radius 3 is 2.22 bits per heavy atom. The van der Waals surface area contributed by atoms with Crippen LogP contribution < -0.4 is 0 Å². The number of carboxylic acids is 1. The first-order valence-electron chi connectivity index (χ1n) is 5.41. The first-order valence-corrected chi connectivity index (χ1v) is 5.41. The fraction of sp³-hybridized carbons (Fsp3) is 0.308. The zero-order valence-corrected chi connectivity index (χ0v) is 10.7. The molecule has 0 amide bonds. The SMILES string of the molecule is CC(=O)O.CCO/C=C(/C(C)=O)c1ccncc1. The molecule has 1 aromatic rings. The lowest BCUT2D eigenvalue weighted by molar-refractivity contribution is -0.134. The maximum absolute atomic E-state index is 11.3. The van der Waals surface area contributed by atoms with Gasteiger partial charge in [0.25, 0.3) is 5.97 Å². The summed E-state index contributed by atoms with van der Waals surface area (Å²) in [7, 11) is 0. The van der Waals surface area contributed by atoms with Gasteiger partial charge in [-0.05, 0) is 31.5 Å². The number of ether oxygens (including phenoxy) is 1. The molecule has 1 heterocycles. The van der Waals surface area contributed by atoms with E-state index >= 15 is 0 Å². The van der Waals surface area contributed by atoms with Gasteiger partial charge in [0, 0.05) is 19.3 Å². The van der Waals surface area contributed by atoms with E-state index in [9.17, 15) is 4.79 Å². The molecule has 0 aliphatic rings. The second-order valence-electron chi connectivity index (χ2n) is 3.30. The fourth-order valence-corrected chi connectivity index (χ4v) is 1.05. The van der Waals surface area contributed by atoms with Crippen molar-refractivity contribution in [3.05, 3.63) is 36.4 Å². The van der Waals surface area contributed by atoms with Gasteiger partial charge >= 0.3 is 0 Å². The van der Waals surface area contributed by atoms with Crippen LogP contribution in [0, 0.1) is 0 Å². The third-order valence-corrected chi connectivity index (χ3v) is 1.74. The minimum Gasteiger partial charge on any atom is -0.501 e. The van der Waals surface area contributed by atoms with E-state index < -0.39 is 5.97 Å². The maximum atomic E-state index is 11.3. The van der Waals surface area contributed by atoms with Gasteiger partial charge in [-0.3, -0.25) is 14.6 Å². The Labute approximate surface area is 106 Å². The van der Waals surface area contributed by atoms with Gasteiger partial charge in [0.15, 0.2) is 5.78 Å². The van der Waals surface area contributed by atoms with E-state index in [2.05, 4.69) is 4.98 Å². The molecule has 5 nitrogen and oxygen atoms in total. The first-order chi connectivity index (χ1) is 8.49. The molecule has 0 fully saturated rings. The molecule has 5 heteroatoms. The van der Waals surface area contributed by atoms with Gasteiger partial charge in [-0.25, -0.2) is 0 Å². The average molecular weight is 251 g/mol. The number of rotatable bonds is 4. The normalized spacial score (nSPS) is 10.1. The Morgan fingerprint density at radius 2 is 1.83 bits per heavy atom. The van der Waals surface area contributed by atoms with Crippen LogP contribution in [0.25, 0.3) is 5.57 Å². The number of carboxylic acid groups (broad SMARTS) is 1. The molecule has 0 radical (unpaired) electrons. The number of aliphatic carboxylic acids is 1. The van der Waals surface area contributed by atoms with E-state index in [1.54, 1.807) is 24.5 Å². The van der Waals surface area contributed by atoms with Crippen molar-refractivity contribution >= 4 is 17.3 Å². The summed E-state index contributed by atoms with van der Waals surface area (Å²) in [6.07, 6.45) is 4.80. The summed E-state index contributed by atoms with van der Waals surface area (Å²) in [5, 5.41) is 7.42. The minimum atomic E-state index is -0.833. The largest absolute Gasteiger partial charge is 0.501 e. The number of carbonyl (C=O) groups excluding carboxylic acids is 1. The predicted octanol–water partition coefficient (Wildman–Crippen LogP) is 2.14. The van der Waals surface area contributed by atoms with Crippen molar-refractivity contribution in [3.8, 4) is 0 Å². The van der Waals surface area contributed by atoms with Crippen LogP contribution in [-0.4, -0.2) is 28.4 Å². The first kappa shape index (κ1) is 15.8. The molecular formula is C13H17NO4. The minimum absolute atomic E-state index is 0.00958. The second-order valence-corrected chi connectivity index (χ2v) is 3.30. The molecular weight excluding hydrogens is 234 g/mol. The fourth-order valence-electron chi connectivity index (χ4n) is 1.05. The van der Waals surface area contributed by atoms with E-state index in [0.29, 0.717) is 12.2 Å². The number of Topliss-reactive ketones (excluding diaryl/α,β-unsaturated/α-hetero) is 1.